The SMILES string of the molecule is CCCCCCCOCC[SiH](Cl)Cl. The predicted octanol–water partition coefficient (Wildman–Crippen LogP) is 3.67. The molecular weight excluding hydrogens is 223 g/mol. The Bertz CT molecular complexity index is 102. The van der Waals surface area contributed by atoms with Crippen molar-refractivity contribution in [2.24, 2.45) is 0 Å². The molecule has 13 heavy (non-hydrogen) atoms. The number of rotatable bonds is 9. The second-order valence-electron chi connectivity index (χ2n) is 3.21. The second kappa shape index (κ2) is 10.8. The zero-order valence-electron chi connectivity index (χ0n) is 8.40. The fourth-order valence-corrected chi connectivity index (χ4v) is 1.96. The molecule has 0 N–H and O–H groups in total. The van der Waals surface area contributed by atoms with E-state index < -0.39 is 7.42 Å². The van der Waals surface area contributed by atoms with Crippen LogP contribution >= 0.6 is 22.2 Å². The van der Waals surface area contributed by atoms with Crippen molar-refractivity contribution in [3.05, 3.63) is 0 Å². The van der Waals surface area contributed by atoms with Gasteiger partial charge in [0, 0.05) is 13.2 Å². The summed E-state index contributed by atoms with van der Waals surface area (Å²) in [5.74, 6) is 0. The number of halogens is 2. The van der Waals surface area contributed by atoms with Crippen molar-refractivity contribution in [2.75, 3.05) is 13.2 Å². The van der Waals surface area contributed by atoms with Crippen LogP contribution < -0.4 is 0 Å². The van der Waals surface area contributed by atoms with Crippen molar-refractivity contribution in [2.45, 2.75) is 45.1 Å². The zero-order chi connectivity index (χ0) is 9.94. The summed E-state index contributed by atoms with van der Waals surface area (Å²) < 4.78 is 5.39. The summed E-state index contributed by atoms with van der Waals surface area (Å²) >= 11 is 11.4. The first-order valence-corrected chi connectivity index (χ1v) is 9.44. The molecule has 0 bridgehead atoms. The molecule has 0 fully saturated rings. The van der Waals surface area contributed by atoms with Gasteiger partial charge in [-0.25, -0.2) is 0 Å². The highest BCUT2D eigenvalue weighted by atomic mass is 35.7. The summed E-state index contributed by atoms with van der Waals surface area (Å²) in [7, 11) is -1.42. The summed E-state index contributed by atoms with van der Waals surface area (Å²) in [6.07, 6.45) is 6.44. The van der Waals surface area contributed by atoms with Gasteiger partial charge in [0.2, 0.25) is 7.42 Å². The molecule has 0 aromatic heterocycles. The molecule has 0 heterocycles. The number of hydrogen-bond donors (Lipinski definition) is 0. The maximum absolute atomic E-state index is 5.68. The highest BCUT2D eigenvalue weighted by Gasteiger charge is 2.00. The van der Waals surface area contributed by atoms with Crippen LogP contribution in [-0.4, -0.2) is 20.6 Å². The largest absolute Gasteiger partial charge is 0.382 e. The van der Waals surface area contributed by atoms with Gasteiger partial charge in [-0.1, -0.05) is 32.6 Å². The van der Waals surface area contributed by atoms with Crippen molar-refractivity contribution in [1.29, 1.82) is 0 Å². The van der Waals surface area contributed by atoms with Crippen molar-refractivity contribution < 1.29 is 4.74 Å². The average Bonchev–Trinajstić information content (AvgIpc) is 2.09. The Kier molecular flexibility index (Phi) is 11.5. The molecule has 0 saturated heterocycles. The minimum absolute atomic E-state index is 0.748. The Morgan fingerprint density at radius 1 is 1.00 bits per heavy atom. The van der Waals surface area contributed by atoms with Crippen LogP contribution in [0.5, 0.6) is 0 Å². The molecule has 0 aliphatic rings. The summed E-state index contributed by atoms with van der Waals surface area (Å²) in [5.41, 5.74) is 0. The molecule has 0 spiro atoms. The Morgan fingerprint density at radius 3 is 2.31 bits per heavy atom. The van der Waals surface area contributed by atoms with E-state index in [0.717, 1.165) is 19.3 Å². The molecule has 4 heteroatoms. The summed E-state index contributed by atoms with van der Waals surface area (Å²) in [6, 6.07) is 0.873. The van der Waals surface area contributed by atoms with Gasteiger partial charge in [-0.3, -0.25) is 0 Å². The summed E-state index contributed by atoms with van der Waals surface area (Å²) in [6.45, 7) is 3.85. The van der Waals surface area contributed by atoms with E-state index in [1.54, 1.807) is 0 Å². The molecule has 0 saturated carbocycles. The van der Waals surface area contributed by atoms with Gasteiger partial charge in [0.15, 0.2) is 0 Å². The third-order valence-electron chi connectivity index (χ3n) is 1.87. The molecule has 0 aliphatic carbocycles. The van der Waals surface area contributed by atoms with E-state index in [1.807, 2.05) is 0 Å². The van der Waals surface area contributed by atoms with Crippen LogP contribution in [0.1, 0.15) is 39.0 Å². The van der Waals surface area contributed by atoms with Gasteiger partial charge in [0.05, 0.1) is 0 Å². The van der Waals surface area contributed by atoms with E-state index in [0.29, 0.717) is 0 Å². The average molecular weight is 243 g/mol. The maximum atomic E-state index is 5.68. The lowest BCUT2D eigenvalue weighted by Gasteiger charge is -2.03. The normalized spacial score (nSPS) is 11.1. The number of unbranched alkanes of at least 4 members (excludes halogenated alkanes) is 4. The molecule has 0 aromatic carbocycles. The van der Waals surface area contributed by atoms with Gasteiger partial charge in [-0.15, -0.1) is 0 Å². The van der Waals surface area contributed by atoms with Crippen molar-refractivity contribution >= 4 is 29.6 Å². The summed E-state index contributed by atoms with van der Waals surface area (Å²) in [5, 5.41) is 0. The second-order valence-corrected chi connectivity index (χ2v) is 8.40. The maximum Gasteiger partial charge on any atom is 0.239 e. The van der Waals surface area contributed by atoms with Gasteiger partial charge >= 0.3 is 0 Å². The van der Waals surface area contributed by atoms with Gasteiger partial charge in [-0.2, -0.15) is 22.2 Å². The predicted molar refractivity (Wildman–Crippen MR) is 63.2 cm³/mol. The first-order chi connectivity index (χ1) is 6.27. The highest BCUT2D eigenvalue weighted by Crippen LogP contribution is 2.05. The lowest BCUT2D eigenvalue weighted by Crippen LogP contribution is -2.02. The molecule has 0 aliphatic heterocycles. The monoisotopic (exact) mass is 242 g/mol. The third kappa shape index (κ3) is 12.8. The zero-order valence-corrected chi connectivity index (χ0v) is 11.1. The first kappa shape index (κ1) is 13.8. The lowest BCUT2D eigenvalue weighted by atomic mass is 10.2. The van der Waals surface area contributed by atoms with Crippen LogP contribution in [0, 0.1) is 0 Å². The van der Waals surface area contributed by atoms with E-state index >= 15 is 0 Å². The Morgan fingerprint density at radius 2 is 1.69 bits per heavy atom. The topological polar surface area (TPSA) is 9.23 Å². The van der Waals surface area contributed by atoms with E-state index in [4.69, 9.17) is 26.9 Å². The van der Waals surface area contributed by atoms with Crippen molar-refractivity contribution in [1.82, 2.24) is 0 Å². The Labute approximate surface area is 92.8 Å². The van der Waals surface area contributed by atoms with E-state index in [1.165, 1.54) is 32.1 Å². The van der Waals surface area contributed by atoms with Crippen LogP contribution in [0.3, 0.4) is 0 Å². The van der Waals surface area contributed by atoms with E-state index in [9.17, 15) is 0 Å². The highest BCUT2D eigenvalue weighted by molar-refractivity contribution is 7.33. The molecule has 0 amide bonds. The van der Waals surface area contributed by atoms with Crippen LogP contribution in [-0.2, 0) is 4.74 Å². The third-order valence-corrected chi connectivity index (χ3v) is 3.85. The molecule has 0 radical (unpaired) electrons. The van der Waals surface area contributed by atoms with E-state index in [-0.39, 0.29) is 0 Å². The van der Waals surface area contributed by atoms with Crippen LogP contribution in [0.25, 0.3) is 0 Å². The van der Waals surface area contributed by atoms with Gasteiger partial charge in [0.1, 0.15) is 0 Å². The smallest absolute Gasteiger partial charge is 0.239 e. The van der Waals surface area contributed by atoms with E-state index in [2.05, 4.69) is 6.92 Å². The summed E-state index contributed by atoms with van der Waals surface area (Å²) in [4.78, 5) is 0. The molecule has 0 aromatic rings. The molecule has 80 valence electrons. The van der Waals surface area contributed by atoms with Gasteiger partial charge in [-0.05, 0) is 12.5 Å². The van der Waals surface area contributed by atoms with Crippen molar-refractivity contribution in [3.63, 3.8) is 0 Å². The van der Waals surface area contributed by atoms with Crippen LogP contribution in [0.2, 0.25) is 6.04 Å². The lowest BCUT2D eigenvalue weighted by molar-refractivity contribution is 0.143. The van der Waals surface area contributed by atoms with Crippen LogP contribution in [0.15, 0.2) is 0 Å². The molecule has 0 rings (SSSR count). The minimum atomic E-state index is -1.42. The Hall–Kier alpha value is 0.757. The first-order valence-electron chi connectivity index (χ1n) is 5.13. The minimum Gasteiger partial charge on any atom is -0.382 e. The van der Waals surface area contributed by atoms with Gasteiger partial charge in [0.25, 0.3) is 0 Å². The standard InChI is InChI=1S/C9H20Cl2OSi/c1-2-3-4-5-6-7-12-8-9-13(10)11/h13H,2-9H2,1H3. The number of ether oxygens (including phenoxy) is 1. The van der Waals surface area contributed by atoms with Crippen molar-refractivity contribution in [3.8, 4) is 0 Å². The molecular formula is C9H20Cl2OSi. The fraction of sp³-hybridized carbons (Fsp3) is 1.00. The van der Waals surface area contributed by atoms with Crippen LogP contribution in [0.4, 0.5) is 0 Å². The molecule has 0 atom stereocenters. The quantitative estimate of drug-likeness (QED) is 0.341. The molecule has 0 unspecified atom stereocenters. The Balaban J connectivity index is 2.84. The van der Waals surface area contributed by atoms with Gasteiger partial charge < -0.3 is 4.74 Å². The number of hydrogen-bond acceptors (Lipinski definition) is 1. The fourth-order valence-electron chi connectivity index (χ4n) is 1.08. The molecule has 1 nitrogen and oxygen atoms in total.